The maximum atomic E-state index is 13.5. The van der Waals surface area contributed by atoms with Crippen LogP contribution in [-0.2, 0) is 39.5 Å². The first-order valence-electron chi connectivity index (χ1n) is 11.2. The molecular weight excluding hydrogens is 438 g/mol. The Labute approximate surface area is 194 Å². The van der Waals surface area contributed by atoms with Crippen LogP contribution in [0.25, 0.3) is 22.3 Å². The van der Waals surface area contributed by atoms with Gasteiger partial charge in [-0.25, -0.2) is 9.78 Å². The number of benzene rings is 1. The van der Waals surface area contributed by atoms with Crippen LogP contribution >= 0.6 is 0 Å². The standard InChI is InChI=1S/C25H23N3O6/c1-4-25(32)15-8-18-21-13(9-28(18)23(30)14(15)10-34-24(25)31)12-7-17(11(2)29)27-22-19(33-3)6-5-16(26-21)20(12)22/h5-6,8,17,27,32H,4,7,9-10H2,1-3H3/t17?,25-/m0/s1. The molecule has 0 spiro atoms. The summed E-state index contributed by atoms with van der Waals surface area (Å²) in [4.78, 5) is 43.1. The molecule has 0 saturated carbocycles. The fourth-order valence-electron chi connectivity index (χ4n) is 5.46. The van der Waals surface area contributed by atoms with Gasteiger partial charge in [0.2, 0.25) is 0 Å². The first-order chi connectivity index (χ1) is 16.3. The molecule has 0 radical (unpaired) electrons. The molecule has 2 atom stereocenters. The van der Waals surface area contributed by atoms with Crippen LogP contribution in [0.5, 0.6) is 5.75 Å². The monoisotopic (exact) mass is 461 g/mol. The van der Waals surface area contributed by atoms with Gasteiger partial charge in [0, 0.05) is 22.9 Å². The fourth-order valence-corrected chi connectivity index (χ4v) is 5.46. The van der Waals surface area contributed by atoms with Crippen molar-refractivity contribution in [2.45, 2.75) is 51.5 Å². The highest BCUT2D eigenvalue weighted by molar-refractivity contribution is 6.03. The smallest absolute Gasteiger partial charge is 0.343 e. The van der Waals surface area contributed by atoms with E-state index in [2.05, 4.69) is 5.32 Å². The van der Waals surface area contributed by atoms with Gasteiger partial charge < -0.3 is 24.5 Å². The van der Waals surface area contributed by atoms with E-state index >= 15 is 0 Å². The number of esters is 1. The summed E-state index contributed by atoms with van der Waals surface area (Å²) in [5.41, 5.74) is 2.80. The number of aromatic nitrogens is 2. The number of carbonyl (C=O) groups excluding carboxylic acids is 2. The summed E-state index contributed by atoms with van der Waals surface area (Å²) >= 11 is 0. The van der Waals surface area contributed by atoms with Crippen molar-refractivity contribution in [3.8, 4) is 17.1 Å². The number of aliphatic hydroxyl groups is 1. The average Bonchev–Trinajstić information content (AvgIpc) is 3.21. The van der Waals surface area contributed by atoms with Crippen LogP contribution in [0.2, 0.25) is 0 Å². The maximum Gasteiger partial charge on any atom is 0.343 e. The van der Waals surface area contributed by atoms with E-state index in [1.54, 1.807) is 37.7 Å². The number of nitrogens with one attached hydrogen (secondary N) is 1. The molecule has 6 rings (SSSR count). The number of Topliss-reactive ketones (excluding diaryl/α,β-unsaturated/α-hetero) is 1. The summed E-state index contributed by atoms with van der Waals surface area (Å²) in [5, 5.41) is 15.3. The van der Waals surface area contributed by atoms with E-state index in [0.717, 1.165) is 22.2 Å². The number of cyclic esters (lactones) is 1. The molecule has 0 aliphatic carbocycles. The highest BCUT2D eigenvalue weighted by Gasteiger charge is 2.45. The Morgan fingerprint density at radius 1 is 1.32 bits per heavy atom. The Hall–Kier alpha value is -3.72. The summed E-state index contributed by atoms with van der Waals surface area (Å²) in [7, 11) is 1.58. The van der Waals surface area contributed by atoms with Crippen molar-refractivity contribution < 1.29 is 24.2 Å². The molecule has 5 heterocycles. The van der Waals surface area contributed by atoms with Crippen molar-refractivity contribution in [1.29, 1.82) is 0 Å². The highest BCUT2D eigenvalue weighted by atomic mass is 16.6. The molecule has 9 heteroatoms. The zero-order valence-corrected chi connectivity index (χ0v) is 19.0. The van der Waals surface area contributed by atoms with E-state index in [1.165, 1.54) is 0 Å². The second-order valence-electron chi connectivity index (χ2n) is 9.07. The quantitative estimate of drug-likeness (QED) is 0.445. The molecule has 0 fully saturated rings. The summed E-state index contributed by atoms with van der Waals surface area (Å²) < 4.78 is 12.3. The van der Waals surface area contributed by atoms with Crippen molar-refractivity contribution >= 4 is 28.3 Å². The van der Waals surface area contributed by atoms with Crippen LogP contribution < -0.4 is 15.6 Å². The normalized spacial score (nSPS) is 21.9. The third-order valence-corrected chi connectivity index (χ3v) is 7.37. The molecule has 3 aromatic rings. The van der Waals surface area contributed by atoms with Gasteiger partial charge in [-0.3, -0.25) is 9.59 Å². The zero-order valence-electron chi connectivity index (χ0n) is 19.0. The van der Waals surface area contributed by atoms with Crippen LogP contribution in [0.4, 0.5) is 5.69 Å². The van der Waals surface area contributed by atoms with Gasteiger partial charge in [0.1, 0.15) is 12.4 Å². The minimum absolute atomic E-state index is 0.00193. The minimum atomic E-state index is -1.87. The Morgan fingerprint density at radius 3 is 2.82 bits per heavy atom. The van der Waals surface area contributed by atoms with Gasteiger partial charge in [-0.15, -0.1) is 0 Å². The number of anilines is 1. The SMILES string of the molecule is CC[C@@]1(O)C(=O)OCc2c1cc1n(c2=O)Cc2c-1nc1ccc(OC)c3c1c2CC(C(C)=O)N3. The Bertz CT molecular complexity index is 1510. The molecule has 0 saturated heterocycles. The first-order valence-corrected chi connectivity index (χ1v) is 11.2. The van der Waals surface area contributed by atoms with Gasteiger partial charge in [0.25, 0.3) is 5.56 Å². The first kappa shape index (κ1) is 20.9. The summed E-state index contributed by atoms with van der Waals surface area (Å²) in [6, 6.07) is 4.93. The molecule has 1 aromatic carbocycles. The van der Waals surface area contributed by atoms with Crippen molar-refractivity contribution in [3.05, 3.63) is 50.8 Å². The number of pyridine rings is 2. The number of fused-ring (bicyclic) bond motifs is 5. The number of nitrogens with zero attached hydrogens (tertiary/aromatic N) is 2. The number of hydrogen-bond donors (Lipinski definition) is 2. The second kappa shape index (κ2) is 6.89. The van der Waals surface area contributed by atoms with Crippen LogP contribution in [0.3, 0.4) is 0 Å². The number of hydrogen-bond acceptors (Lipinski definition) is 8. The second-order valence-corrected chi connectivity index (χ2v) is 9.07. The van der Waals surface area contributed by atoms with Crippen molar-refractivity contribution in [3.63, 3.8) is 0 Å². The molecule has 34 heavy (non-hydrogen) atoms. The van der Waals surface area contributed by atoms with Crippen LogP contribution in [-0.4, -0.2) is 39.6 Å². The third kappa shape index (κ3) is 2.53. The summed E-state index contributed by atoms with van der Waals surface area (Å²) in [6.07, 6.45) is 0.542. The van der Waals surface area contributed by atoms with Gasteiger partial charge in [-0.1, -0.05) is 6.92 Å². The van der Waals surface area contributed by atoms with E-state index in [9.17, 15) is 19.5 Å². The molecular formula is C25H23N3O6. The Balaban J connectivity index is 1.65. The van der Waals surface area contributed by atoms with Gasteiger partial charge in [0.15, 0.2) is 11.4 Å². The summed E-state index contributed by atoms with van der Waals surface area (Å²) in [6.45, 7) is 3.34. The Kier molecular flexibility index (Phi) is 4.23. The van der Waals surface area contributed by atoms with E-state index < -0.39 is 17.6 Å². The molecule has 174 valence electrons. The lowest BCUT2D eigenvalue weighted by Crippen LogP contribution is -2.44. The average molecular weight is 461 g/mol. The lowest BCUT2D eigenvalue weighted by atomic mass is 9.85. The minimum Gasteiger partial charge on any atom is -0.495 e. The largest absolute Gasteiger partial charge is 0.495 e. The van der Waals surface area contributed by atoms with Gasteiger partial charge >= 0.3 is 5.97 Å². The van der Waals surface area contributed by atoms with Gasteiger partial charge in [-0.05, 0) is 37.1 Å². The molecule has 9 nitrogen and oxygen atoms in total. The number of ketones is 1. The number of ether oxygens (including phenoxy) is 2. The lowest BCUT2D eigenvalue weighted by molar-refractivity contribution is -0.172. The molecule has 0 amide bonds. The van der Waals surface area contributed by atoms with E-state index in [0.29, 0.717) is 29.1 Å². The molecule has 3 aliphatic rings. The summed E-state index contributed by atoms with van der Waals surface area (Å²) in [5.74, 6) is -0.130. The number of rotatable bonds is 3. The van der Waals surface area contributed by atoms with Gasteiger partial charge in [-0.2, -0.15) is 0 Å². The van der Waals surface area contributed by atoms with Crippen LogP contribution in [0.15, 0.2) is 23.0 Å². The lowest BCUT2D eigenvalue weighted by Gasteiger charge is -2.31. The zero-order chi connectivity index (χ0) is 23.9. The molecule has 1 unspecified atom stereocenters. The fraction of sp³-hybridized carbons (Fsp3) is 0.360. The molecule has 2 aromatic heterocycles. The van der Waals surface area contributed by atoms with Gasteiger partial charge in [0.05, 0.1) is 47.9 Å². The maximum absolute atomic E-state index is 13.5. The third-order valence-electron chi connectivity index (χ3n) is 7.37. The molecule has 2 N–H and O–H groups in total. The molecule has 0 bridgehead atoms. The van der Waals surface area contributed by atoms with E-state index in [1.807, 2.05) is 6.07 Å². The Morgan fingerprint density at radius 2 is 2.12 bits per heavy atom. The number of methoxy groups -OCH3 is 1. The highest BCUT2D eigenvalue weighted by Crippen LogP contribution is 2.45. The van der Waals surface area contributed by atoms with Crippen LogP contribution in [0.1, 0.15) is 42.5 Å². The van der Waals surface area contributed by atoms with Crippen molar-refractivity contribution in [2.75, 3.05) is 12.4 Å². The van der Waals surface area contributed by atoms with Crippen LogP contribution in [0, 0.1) is 0 Å². The topological polar surface area (TPSA) is 120 Å². The molecule has 3 aliphatic heterocycles. The van der Waals surface area contributed by atoms with Crippen molar-refractivity contribution in [2.24, 2.45) is 0 Å². The predicted octanol–water partition coefficient (Wildman–Crippen LogP) is 2.01. The predicted molar refractivity (Wildman–Crippen MR) is 123 cm³/mol. The van der Waals surface area contributed by atoms with Crippen molar-refractivity contribution in [1.82, 2.24) is 9.55 Å². The van der Waals surface area contributed by atoms with E-state index in [-0.39, 0.29) is 42.0 Å². The number of carbonyl (C=O) groups is 2. The van der Waals surface area contributed by atoms with E-state index in [4.69, 9.17) is 14.5 Å².